The van der Waals surface area contributed by atoms with Crippen LogP contribution in [0.3, 0.4) is 0 Å². The molecule has 158 valence electrons. The summed E-state index contributed by atoms with van der Waals surface area (Å²) < 4.78 is 2.61. The first kappa shape index (κ1) is 20.8. The van der Waals surface area contributed by atoms with Gasteiger partial charge in [0.1, 0.15) is 0 Å². The molecule has 0 radical (unpaired) electrons. The van der Waals surface area contributed by atoms with E-state index < -0.39 is 0 Å². The molecule has 4 rings (SSSR count). The number of nitrogens with zero attached hydrogens (tertiary/aromatic N) is 3. The first-order chi connectivity index (χ1) is 15.0. The SMILES string of the molecule is O=C1CN(C(=O)c2ccc(CNC(=O)c3cnn(-c4ccc(Br)cc4)c3)cc2)CCN1. The summed E-state index contributed by atoms with van der Waals surface area (Å²) in [4.78, 5) is 38.0. The summed E-state index contributed by atoms with van der Waals surface area (Å²) in [6.45, 7) is 1.36. The molecule has 2 N–H and O–H groups in total. The van der Waals surface area contributed by atoms with Crippen molar-refractivity contribution in [3.63, 3.8) is 0 Å². The summed E-state index contributed by atoms with van der Waals surface area (Å²) in [6.07, 6.45) is 3.20. The van der Waals surface area contributed by atoms with Crippen LogP contribution >= 0.6 is 15.9 Å². The van der Waals surface area contributed by atoms with Crippen molar-refractivity contribution in [2.45, 2.75) is 6.54 Å². The van der Waals surface area contributed by atoms with E-state index in [1.54, 1.807) is 35.1 Å². The standard InChI is InChI=1S/C22H20BrN5O3/c23-18-5-7-19(8-6-18)28-13-17(12-26-28)21(30)25-11-15-1-3-16(4-2-15)22(31)27-10-9-24-20(29)14-27/h1-8,12-13H,9-11,14H2,(H,24,29)(H,25,30). The average Bonchev–Trinajstić information content (AvgIpc) is 3.28. The highest BCUT2D eigenvalue weighted by atomic mass is 79.9. The molecule has 8 nitrogen and oxygen atoms in total. The number of rotatable bonds is 5. The molecule has 2 heterocycles. The lowest BCUT2D eigenvalue weighted by molar-refractivity contribution is -0.123. The Morgan fingerprint density at radius 3 is 2.52 bits per heavy atom. The summed E-state index contributed by atoms with van der Waals surface area (Å²) in [6, 6.07) is 14.6. The second-order valence-corrected chi connectivity index (χ2v) is 8.02. The maximum atomic E-state index is 12.5. The number of halogens is 1. The van der Waals surface area contributed by atoms with E-state index in [0.29, 0.717) is 30.8 Å². The number of nitrogens with one attached hydrogen (secondary N) is 2. The smallest absolute Gasteiger partial charge is 0.254 e. The third kappa shape index (κ3) is 5.00. The summed E-state index contributed by atoms with van der Waals surface area (Å²) in [7, 11) is 0. The third-order valence-corrected chi connectivity index (χ3v) is 5.44. The van der Waals surface area contributed by atoms with Crippen LogP contribution in [0, 0.1) is 0 Å². The van der Waals surface area contributed by atoms with Crippen LogP contribution in [-0.2, 0) is 11.3 Å². The molecule has 3 aromatic rings. The van der Waals surface area contributed by atoms with Crippen LogP contribution in [0.25, 0.3) is 5.69 Å². The number of piperazine rings is 1. The Morgan fingerprint density at radius 2 is 1.81 bits per heavy atom. The number of carbonyl (C=O) groups is 3. The molecule has 0 saturated carbocycles. The predicted molar refractivity (Wildman–Crippen MR) is 118 cm³/mol. The molecule has 1 saturated heterocycles. The Hall–Kier alpha value is -3.46. The van der Waals surface area contributed by atoms with Gasteiger partial charge in [0.15, 0.2) is 0 Å². The molecule has 2 aromatic carbocycles. The monoisotopic (exact) mass is 481 g/mol. The van der Waals surface area contributed by atoms with Gasteiger partial charge in [-0.3, -0.25) is 14.4 Å². The summed E-state index contributed by atoms with van der Waals surface area (Å²) in [5.74, 6) is -0.559. The van der Waals surface area contributed by atoms with Crippen LogP contribution in [0.4, 0.5) is 0 Å². The van der Waals surface area contributed by atoms with Gasteiger partial charge in [-0.05, 0) is 42.0 Å². The van der Waals surface area contributed by atoms with Gasteiger partial charge in [0.25, 0.3) is 11.8 Å². The van der Waals surface area contributed by atoms with Gasteiger partial charge in [0, 0.05) is 35.9 Å². The van der Waals surface area contributed by atoms with Crippen molar-refractivity contribution >= 4 is 33.7 Å². The Balaban J connectivity index is 1.34. The molecular formula is C22H20BrN5O3. The summed E-state index contributed by atoms with van der Waals surface area (Å²) >= 11 is 3.39. The van der Waals surface area contributed by atoms with Crippen LogP contribution in [-0.4, -0.2) is 52.0 Å². The fourth-order valence-electron chi connectivity index (χ4n) is 3.22. The minimum Gasteiger partial charge on any atom is -0.353 e. The Kier molecular flexibility index (Phi) is 6.13. The van der Waals surface area contributed by atoms with Gasteiger partial charge in [0.05, 0.1) is 24.0 Å². The highest BCUT2D eigenvalue weighted by molar-refractivity contribution is 9.10. The molecule has 1 fully saturated rings. The van der Waals surface area contributed by atoms with Crippen molar-refractivity contribution < 1.29 is 14.4 Å². The largest absolute Gasteiger partial charge is 0.353 e. The van der Waals surface area contributed by atoms with Crippen molar-refractivity contribution in [1.82, 2.24) is 25.3 Å². The van der Waals surface area contributed by atoms with Gasteiger partial charge in [-0.25, -0.2) is 4.68 Å². The molecule has 31 heavy (non-hydrogen) atoms. The number of hydrogen-bond acceptors (Lipinski definition) is 4. The average molecular weight is 482 g/mol. The topological polar surface area (TPSA) is 96.3 Å². The van der Waals surface area contributed by atoms with E-state index in [-0.39, 0.29) is 24.3 Å². The number of aromatic nitrogens is 2. The van der Waals surface area contributed by atoms with E-state index in [2.05, 4.69) is 31.7 Å². The minimum atomic E-state index is -0.233. The fraction of sp³-hybridized carbons (Fsp3) is 0.182. The second kappa shape index (κ2) is 9.13. The minimum absolute atomic E-state index is 0.0740. The molecule has 9 heteroatoms. The highest BCUT2D eigenvalue weighted by Gasteiger charge is 2.22. The van der Waals surface area contributed by atoms with Crippen LogP contribution in [0.2, 0.25) is 0 Å². The fourth-order valence-corrected chi connectivity index (χ4v) is 3.48. The van der Waals surface area contributed by atoms with Crippen LogP contribution in [0.15, 0.2) is 65.4 Å². The van der Waals surface area contributed by atoms with Crippen LogP contribution < -0.4 is 10.6 Å². The molecule has 0 aliphatic carbocycles. The molecule has 0 spiro atoms. The van der Waals surface area contributed by atoms with E-state index in [1.807, 2.05) is 24.3 Å². The first-order valence-corrected chi connectivity index (χ1v) is 10.5. The summed E-state index contributed by atoms with van der Waals surface area (Å²) in [5.41, 5.74) is 2.69. The lowest BCUT2D eigenvalue weighted by atomic mass is 10.1. The third-order valence-electron chi connectivity index (χ3n) is 4.92. The van der Waals surface area contributed by atoms with Crippen molar-refractivity contribution in [3.05, 3.63) is 82.1 Å². The quantitative estimate of drug-likeness (QED) is 0.583. The second-order valence-electron chi connectivity index (χ2n) is 7.11. The number of carbonyl (C=O) groups excluding carboxylic acids is 3. The van der Waals surface area contributed by atoms with Crippen molar-refractivity contribution in [3.8, 4) is 5.69 Å². The first-order valence-electron chi connectivity index (χ1n) is 9.73. The zero-order valence-corrected chi connectivity index (χ0v) is 18.1. The Bertz CT molecular complexity index is 1110. The van der Waals surface area contributed by atoms with E-state index in [9.17, 15) is 14.4 Å². The maximum absolute atomic E-state index is 12.5. The van der Waals surface area contributed by atoms with Gasteiger partial charge in [-0.1, -0.05) is 28.1 Å². The number of hydrogen-bond donors (Lipinski definition) is 2. The van der Waals surface area contributed by atoms with Crippen molar-refractivity contribution in [2.75, 3.05) is 19.6 Å². The van der Waals surface area contributed by atoms with Crippen LogP contribution in [0.1, 0.15) is 26.3 Å². The molecule has 0 unspecified atom stereocenters. The Morgan fingerprint density at radius 1 is 1.06 bits per heavy atom. The molecular weight excluding hydrogens is 462 g/mol. The predicted octanol–water partition coefficient (Wildman–Crippen LogP) is 2.14. The highest BCUT2D eigenvalue weighted by Crippen LogP contribution is 2.14. The van der Waals surface area contributed by atoms with Crippen molar-refractivity contribution in [2.24, 2.45) is 0 Å². The molecule has 1 aliphatic heterocycles. The summed E-state index contributed by atoms with van der Waals surface area (Å²) in [5, 5.41) is 9.80. The van der Waals surface area contributed by atoms with E-state index in [1.165, 1.54) is 11.1 Å². The number of benzene rings is 2. The van der Waals surface area contributed by atoms with Gasteiger partial charge < -0.3 is 15.5 Å². The zero-order chi connectivity index (χ0) is 21.8. The molecule has 1 aliphatic rings. The van der Waals surface area contributed by atoms with Gasteiger partial charge in [-0.15, -0.1) is 0 Å². The van der Waals surface area contributed by atoms with E-state index in [4.69, 9.17) is 0 Å². The Labute approximate surface area is 187 Å². The maximum Gasteiger partial charge on any atom is 0.254 e. The van der Waals surface area contributed by atoms with Gasteiger partial charge in [0.2, 0.25) is 5.91 Å². The normalized spacial score (nSPS) is 13.6. The van der Waals surface area contributed by atoms with Gasteiger partial charge >= 0.3 is 0 Å². The number of amides is 3. The van der Waals surface area contributed by atoms with E-state index in [0.717, 1.165) is 15.7 Å². The van der Waals surface area contributed by atoms with E-state index >= 15 is 0 Å². The van der Waals surface area contributed by atoms with Crippen molar-refractivity contribution in [1.29, 1.82) is 0 Å². The molecule has 3 amide bonds. The molecule has 1 aromatic heterocycles. The van der Waals surface area contributed by atoms with Crippen LogP contribution in [0.5, 0.6) is 0 Å². The lowest BCUT2D eigenvalue weighted by Gasteiger charge is -2.26. The zero-order valence-electron chi connectivity index (χ0n) is 16.5. The lowest BCUT2D eigenvalue weighted by Crippen LogP contribution is -2.49. The molecule has 0 bridgehead atoms. The van der Waals surface area contributed by atoms with Gasteiger partial charge in [-0.2, -0.15) is 5.10 Å². The molecule has 0 atom stereocenters.